The minimum Gasteiger partial charge on any atom is -0.378 e. The molecule has 0 radical (unpaired) electrons. The van der Waals surface area contributed by atoms with Crippen LogP contribution in [0.15, 0.2) is 53.6 Å². The second-order valence-corrected chi connectivity index (χ2v) is 8.13. The minimum atomic E-state index is -0.0456. The monoisotopic (exact) mass is 415 g/mol. The van der Waals surface area contributed by atoms with Crippen LogP contribution in [0.4, 0.5) is 5.69 Å². The van der Waals surface area contributed by atoms with Crippen molar-refractivity contribution >= 4 is 29.4 Å². The number of rotatable bonds is 7. The number of quaternary nitrogens is 2. The van der Waals surface area contributed by atoms with E-state index in [9.17, 15) is 4.79 Å². The van der Waals surface area contributed by atoms with Crippen molar-refractivity contribution in [2.24, 2.45) is 5.10 Å². The van der Waals surface area contributed by atoms with Crippen LogP contribution < -0.4 is 20.1 Å². The third-order valence-corrected chi connectivity index (χ3v) is 5.65. The van der Waals surface area contributed by atoms with E-state index in [-0.39, 0.29) is 5.91 Å². The summed E-state index contributed by atoms with van der Waals surface area (Å²) in [6, 6.07) is 16.0. The fourth-order valence-electron chi connectivity index (χ4n) is 3.53. The van der Waals surface area contributed by atoms with Gasteiger partial charge in [0.1, 0.15) is 32.7 Å². The number of hydrogen-bond acceptors (Lipinski definition) is 3. The second kappa shape index (κ2) is 10.4. The number of nitrogens with one attached hydrogen (secondary N) is 3. The molecule has 7 heteroatoms. The summed E-state index contributed by atoms with van der Waals surface area (Å²) >= 11 is 6.27. The molecular weight excluding hydrogens is 386 g/mol. The Morgan fingerprint density at radius 3 is 2.38 bits per heavy atom. The molecule has 0 aliphatic carbocycles. The number of hydrogen-bond donors (Lipinski definition) is 3. The lowest BCUT2D eigenvalue weighted by Gasteiger charge is -2.29. The van der Waals surface area contributed by atoms with Gasteiger partial charge in [-0.05, 0) is 23.8 Å². The zero-order chi connectivity index (χ0) is 20.6. The van der Waals surface area contributed by atoms with Crippen LogP contribution in [0.1, 0.15) is 11.1 Å². The van der Waals surface area contributed by atoms with E-state index in [1.165, 1.54) is 15.4 Å². The minimum absolute atomic E-state index is 0.0456. The summed E-state index contributed by atoms with van der Waals surface area (Å²) in [4.78, 5) is 17.0. The van der Waals surface area contributed by atoms with E-state index in [1.807, 2.05) is 61.5 Å². The molecule has 6 nitrogen and oxygen atoms in total. The molecule has 1 fully saturated rings. The second-order valence-electron chi connectivity index (χ2n) is 7.72. The number of hydrazone groups is 1. The Morgan fingerprint density at radius 1 is 1.07 bits per heavy atom. The predicted octanol–water partition coefficient (Wildman–Crippen LogP) is -0.160. The quantitative estimate of drug-likeness (QED) is 0.435. The maximum absolute atomic E-state index is 12.2. The van der Waals surface area contributed by atoms with Crippen LogP contribution in [0.25, 0.3) is 0 Å². The molecule has 0 bridgehead atoms. The van der Waals surface area contributed by atoms with Gasteiger partial charge in [0.2, 0.25) is 0 Å². The highest BCUT2D eigenvalue weighted by Gasteiger charge is 2.25. The van der Waals surface area contributed by atoms with Gasteiger partial charge in [0, 0.05) is 30.4 Å². The number of amides is 1. The topological polar surface area (TPSA) is 53.6 Å². The van der Waals surface area contributed by atoms with Crippen LogP contribution in [0.5, 0.6) is 0 Å². The number of halogens is 1. The Labute approximate surface area is 177 Å². The average molecular weight is 416 g/mol. The largest absolute Gasteiger partial charge is 0.378 e. The normalized spacial score (nSPS) is 19.3. The van der Waals surface area contributed by atoms with E-state index in [2.05, 4.69) is 16.6 Å². The number of anilines is 1. The van der Waals surface area contributed by atoms with Crippen LogP contribution in [0.3, 0.4) is 0 Å². The molecule has 1 aliphatic heterocycles. The highest BCUT2D eigenvalue weighted by molar-refractivity contribution is 6.31. The van der Waals surface area contributed by atoms with E-state index in [4.69, 9.17) is 11.6 Å². The van der Waals surface area contributed by atoms with Crippen molar-refractivity contribution < 1.29 is 14.6 Å². The molecule has 1 aliphatic rings. The first kappa shape index (κ1) is 21.3. The van der Waals surface area contributed by atoms with E-state index in [1.54, 1.807) is 6.21 Å². The Hall–Kier alpha value is -2.41. The number of benzene rings is 2. The van der Waals surface area contributed by atoms with Gasteiger partial charge < -0.3 is 14.7 Å². The average Bonchev–Trinajstić information content (AvgIpc) is 2.71. The molecule has 3 rings (SSSR count). The van der Waals surface area contributed by atoms with Crippen LogP contribution in [-0.4, -0.2) is 58.9 Å². The van der Waals surface area contributed by atoms with Crippen molar-refractivity contribution in [1.29, 1.82) is 0 Å². The van der Waals surface area contributed by atoms with Gasteiger partial charge in [0.25, 0.3) is 5.91 Å². The summed E-state index contributed by atoms with van der Waals surface area (Å²) in [5.41, 5.74) is 5.93. The predicted molar refractivity (Wildman–Crippen MR) is 118 cm³/mol. The lowest BCUT2D eigenvalue weighted by molar-refractivity contribution is -1.02. The molecule has 0 saturated carbocycles. The molecule has 2 aromatic rings. The lowest BCUT2D eigenvalue weighted by Crippen LogP contribution is -3.28. The molecule has 0 aromatic heterocycles. The summed E-state index contributed by atoms with van der Waals surface area (Å²) in [6.45, 7) is 5.42. The number of carbonyl (C=O) groups is 1. The molecule has 0 unspecified atom stereocenters. The van der Waals surface area contributed by atoms with Crippen LogP contribution in [0.2, 0.25) is 5.02 Å². The van der Waals surface area contributed by atoms with Crippen molar-refractivity contribution in [1.82, 2.24) is 5.43 Å². The zero-order valence-electron chi connectivity index (χ0n) is 17.1. The lowest BCUT2D eigenvalue weighted by atomic mass is 10.2. The van der Waals surface area contributed by atoms with Crippen LogP contribution in [-0.2, 0) is 11.3 Å². The Bertz CT molecular complexity index is 829. The van der Waals surface area contributed by atoms with Gasteiger partial charge in [-0.3, -0.25) is 4.79 Å². The molecule has 3 N–H and O–H groups in total. The summed E-state index contributed by atoms with van der Waals surface area (Å²) in [5, 5.41) is 4.93. The number of nitrogens with zero attached hydrogens (tertiary/aromatic N) is 2. The Morgan fingerprint density at radius 2 is 1.72 bits per heavy atom. The first-order valence-electron chi connectivity index (χ1n) is 10.0. The first-order valence-corrected chi connectivity index (χ1v) is 10.4. The Balaban J connectivity index is 1.39. The van der Waals surface area contributed by atoms with Gasteiger partial charge in [0.15, 0.2) is 6.54 Å². The smallest absolute Gasteiger partial charge is 0.295 e. The summed E-state index contributed by atoms with van der Waals surface area (Å²) < 4.78 is 0. The van der Waals surface area contributed by atoms with Gasteiger partial charge in [0.05, 0.1) is 6.21 Å². The summed E-state index contributed by atoms with van der Waals surface area (Å²) in [7, 11) is 4.01. The molecule has 0 atom stereocenters. The van der Waals surface area contributed by atoms with E-state index in [0.29, 0.717) is 6.54 Å². The SMILES string of the molecule is CN(C)c1ccc(/C=N\NC(=O)C[NH+]2CC[NH+](Cc3ccccc3Cl)CC2)cc1. The third-order valence-electron chi connectivity index (χ3n) is 5.29. The van der Waals surface area contributed by atoms with Gasteiger partial charge >= 0.3 is 0 Å². The summed E-state index contributed by atoms with van der Waals surface area (Å²) in [6.07, 6.45) is 1.68. The van der Waals surface area contributed by atoms with E-state index < -0.39 is 0 Å². The maximum Gasteiger partial charge on any atom is 0.295 e. The van der Waals surface area contributed by atoms with Crippen molar-refractivity contribution in [3.05, 3.63) is 64.7 Å². The van der Waals surface area contributed by atoms with Crippen LogP contribution in [0, 0.1) is 0 Å². The molecule has 1 saturated heterocycles. The van der Waals surface area contributed by atoms with Gasteiger partial charge in [-0.15, -0.1) is 0 Å². The fourth-order valence-corrected chi connectivity index (χ4v) is 3.73. The number of piperazine rings is 1. The van der Waals surface area contributed by atoms with Crippen molar-refractivity contribution in [2.45, 2.75) is 6.54 Å². The third kappa shape index (κ3) is 6.56. The van der Waals surface area contributed by atoms with Gasteiger partial charge in [-0.2, -0.15) is 5.10 Å². The molecule has 0 spiro atoms. The van der Waals surface area contributed by atoms with Crippen molar-refractivity contribution in [2.75, 3.05) is 51.7 Å². The van der Waals surface area contributed by atoms with Crippen molar-refractivity contribution in [3.63, 3.8) is 0 Å². The highest BCUT2D eigenvalue weighted by Crippen LogP contribution is 2.13. The Kier molecular flexibility index (Phi) is 7.63. The maximum atomic E-state index is 12.2. The summed E-state index contributed by atoms with van der Waals surface area (Å²) in [5.74, 6) is -0.0456. The van der Waals surface area contributed by atoms with Crippen LogP contribution >= 0.6 is 11.6 Å². The molecule has 1 heterocycles. The highest BCUT2D eigenvalue weighted by atomic mass is 35.5. The molecule has 1 amide bonds. The first-order chi connectivity index (χ1) is 14.0. The molecular formula is C22H30ClN5O+2. The van der Waals surface area contributed by atoms with Gasteiger partial charge in [-0.1, -0.05) is 41.9 Å². The van der Waals surface area contributed by atoms with E-state index >= 15 is 0 Å². The number of carbonyl (C=O) groups excluding carboxylic acids is 1. The van der Waals surface area contributed by atoms with Crippen molar-refractivity contribution in [3.8, 4) is 0 Å². The molecule has 154 valence electrons. The molecule has 2 aromatic carbocycles. The molecule has 29 heavy (non-hydrogen) atoms. The fraction of sp³-hybridized carbons (Fsp3) is 0.364. The zero-order valence-corrected chi connectivity index (χ0v) is 17.9. The van der Waals surface area contributed by atoms with Gasteiger partial charge in [-0.25, -0.2) is 5.43 Å². The van der Waals surface area contributed by atoms with E-state index in [0.717, 1.165) is 49.0 Å². The standard InChI is InChI=1S/C22H28ClN5O/c1-26(2)20-9-7-18(8-10-20)15-24-25-22(29)17-28-13-11-27(12-14-28)16-19-5-3-4-6-21(19)23/h3-10,15H,11-14,16-17H2,1-2H3,(H,25,29)/p+2/b24-15-.